The van der Waals surface area contributed by atoms with Crippen LogP contribution in [0.3, 0.4) is 0 Å². The van der Waals surface area contributed by atoms with E-state index in [1.165, 1.54) is 5.56 Å². The van der Waals surface area contributed by atoms with Gasteiger partial charge in [0.05, 0.1) is 7.11 Å². The average Bonchev–Trinajstić information content (AvgIpc) is 2.20. The Hall–Kier alpha value is -1.77. The minimum absolute atomic E-state index is 0.903. The van der Waals surface area contributed by atoms with Gasteiger partial charge in [-0.05, 0) is 24.6 Å². The molecule has 3 heteroatoms. The molecule has 0 unspecified atom stereocenters. The molecule has 0 saturated carbocycles. The van der Waals surface area contributed by atoms with E-state index in [1.54, 1.807) is 7.11 Å². The molecular weight excluding hydrogens is 178 g/mol. The number of hydrogen-bond donors (Lipinski definition) is 1. The molecule has 0 amide bonds. The van der Waals surface area contributed by atoms with E-state index in [4.69, 9.17) is 9.94 Å². The fourth-order valence-electron chi connectivity index (χ4n) is 0.938. The summed E-state index contributed by atoms with van der Waals surface area (Å²) in [6.45, 7) is 4.67. The van der Waals surface area contributed by atoms with Gasteiger partial charge in [0.15, 0.2) is 0 Å². The molecule has 1 N–H and O–H groups in total. The van der Waals surface area contributed by atoms with E-state index in [0.717, 1.165) is 5.75 Å². The molecule has 3 nitrogen and oxygen atoms in total. The van der Waals surface area contributed by atoms with Gasteiger partial charge < -0.3 is 9.94 Å². The summed E-state index contributed by atoms with van der Waals surface area (Å²) in [5, 5.41) is 9.33. The average molecular weight is 193 g/mol. The first kappa shape index (κ1) is 12.2. The molecule has 14 heavy (non-hydrogen) atoms. The van der Waals surface area contributed by atoms with Crippen molar-refractivity contribution >= 4 is 12.8 Å². The molecule has 0 atom stereocenters. The van der Waals surface area contributed by atoms with Crippen LogP contribution in [0.4, 0.5) is 0 Å². The standard InChI is InChI=1S/C10H12O.CH3NO/c1-3-5-9-6-4-7-10(8-9)11-2;1-2-3/h3-8H,1-2H3;3H,1H2/b5-3+;. The van der Waals surface area contributed by atoms with E-state index < -0.39 is 0 Å². The molecule has 1 aromatic carbocycles. The van der Waals surface area contributed by atoms with Crippen LogP contribution in [-0.4, -0.2) is 19.0 Å². The highest BCUT2D eigenvalue weighted by Crippen LogP contribution is 2.13. The molecule has 76 valence electrons. The molecule has 0 heterocycles. The van der Waals surface area contributed by atoms with Crippen molar-refractivity contribution in [1.82, 2.24) is 0 Å². The van der Waals surface area contributed by atoms with E-state index in [9.17, 15) is 0 Å². The summed E-state index contributed by atoms with van der Waals surface area (Å²) in [6.07, 6.45) is 4.05. The molecule has 0 spiro atoms. The van der Waals surface area contributed by atoms with E-state index in [-0.39, 0.29) is 0 Å². The fraction of sp³-hybridized carbons (Fsp3) is 0.182. The van der Waals surface area contributed by atoms with E-state index in [0.29, 0.717) is 0 Å². The van der Waals surface area contributed by atoms with Crippen LogP contribution >= 0.6 is 0 Å². The highest BCUT2D eigenvalue weighted by Gasteiger charge is 1.89. The zero-order chi connectivity index (χ0) is 10.8. The molecule has 0 aromatic heterocycles. The van der Waals surface area contributed by atoms with Gasteiger partial charge in [-0.2, -0.15) is 0 Å². The molecule has 1 rings (SSSR count). The second-order valence-corrected chi connectivity index (χ2v) is 2.42. The van der Waals surface area contributed by atoms with Gasteiger partial charge in [-0.1, -0.05) is 24.3 Å². The van der Waals surface area contributed by atoms with E-state index >= 15 is 0 Å². The normalized spacial score (nSPS) is 9.00. The molecule has 0 fully saturated rings. The summed E-state index contributed by atoms with van der Waals surface area (Å²) in [7, 11) is 1.68. The molecule has 0 aliphatic rings. The van der Waals surface area contributed by atoms with E-state index in [1.807, 2.05) is 43.3 Å². The van der Waals surface area contributed by atoms with Crippen molar-refractivity contribution in [2.45, 2.75) is 6.92 Å². The van der Waals surface area contributed by atoms with Gasteiger partial charge in [-0.3, -0.25) is 0 Å². The first-order valence-corrected chi connectivity index (χ1v) is 4.15. The van der Waals surface area contributed by atoms with Crippen LogP contribution in [0, 0.1) is 0 Å². The highest BCUT2D eigenvalue weighted by atomic mass is 16.5. The predicted octanol–water partition coefficient (Wildman–Crippen LogP) is 2.80. The van der Waals surface area contributed by atoms with Crippen molar-refractivity contribution in [3.8, 4) is 5.75 Å². The summed E-state index contributed by atoms with van der Waals surface area (Å²) in [6, 6.07) is 7.96. The minimum Gasteiger partial charge on any atom is -0.497 e. The van der Waals surface area contributed by atoms with Gasteiger partial charge in [0.25, 0.3) is 0 Å². The lowest BCUT2D eigenvalue weighted by Gasteiger charge is -1.99. The first-order valence-electron chi connectivity index (χ1n) is 4.15. The third-order valence-corrected chi connectivity index (χ3v) is 1.45. The molecule has 0 aliphatic heterocycles. The lowest BCUT2D eigenvalue weighted by Crippen LogP contribution is -1.81. The minimum atomic E-state index is 0.903. The summed E-state index contributed by atoms with van der Waals surface area (Å²) in [5.41, 5.74) is 1.17. The molecule has 1 aromatic rings. The van der Waals surface area contributed by atoms with Crippen molar-refractivity contribution in [3.63, 3.8) is 0 Å². The van der Waals surface area contributed by atoms with Gasteiger partial charge in [-0.25, -0.2) is 0 Å². The van der Waals surface area contributed by atoms with E-state index in [2.05, 4.69) is 11.9 Å². The van der Waals surface area contributed by atoms with Crippen molar-refractivity contribution in [3.05, 3.63) is 35.9 Å². The number of allylic oxidation sites excluding steroid dienone is 1. The summed E-state index contributed by atoms with van der Waals surface area (Å²) >= 11 is 0. The van der Waals surface area contributed by atoms with Crippen LogP contribution in [0.5, 0.6) is 5.75 Å². The molecule has 0 bridgehead atoms. The number of ether oxygens (including phenoxy) is 1. The number of oxime groups is 1. The molecule has 0 radical (unpaired) electrons. The van der Waals surface area contributed by atoms with Crippen LogP contribution in [0.1, 0.15) is 12.5 Å². The summed E-state index contributed by atoms with van der Waals surface area (Å²) in [4.78, 5) is 0. The Labute approximate surface area is 84.3 Å². The predicted molar refractivity (Wildman–Crippen MR) is 59.0 cm³/mol. The van der Waals surface area contributed by atoms with Crippen LogP contribution in [-0.2, 0) is 0 Å². The fourth-order valence-corrected chi connectivity index (χ4v) is 0.938. The highest BCUT2D eigenvalue weighted by molar-refractivity contribution is 5.51. The lowest BCUT2D eigenvalue weighted by atomic mass is 10.2. The lowest BCUT2D eigenvalue weighted by molar-refractivity contribution is 0.323. The summed E-state index contributed by atoms with van der Waals surface area (Å²) < 4.78 is 5.07. The molecule has 0 saturated heterocycles. The third-order valence-electron chi connectivity index (χ3n) is 1.45. The molecular formula is C11H15NO2. The van der Waals surface area contributed by atoms with Crippen molar-refractivity contribution < 1.29 is 9.94 Å². The number of hydrogen-bond acceptors (Lipinski definition) is 3. The zero-order valence-corrected chi connectivity index (χ0v) is 8.47. The third kappa shape index (κ3) is 4.98. The smallest absolute Gasteiger partial charge is 0.119 e. The Morgan fingerprint density at radius 2 is 2.14 bits per heavy atom. The Morgan fingerprint density at radius 3 is 2.64 bits per heavy atom. The van der Waals surface area contributed by atoms with Gasteiger partial charge in [0.2, 0.25) is 0 Å². The maximum atomic E-state index is 7.08. The van der Waals surface area contributed by atoms with Crippen molar-refractivity contribution in [2.75, 3.05) is 7.11 Å². The second kappa shape index (κ2) is 7.86. The van der Waals surface area contributed by atoms with Crippen LogP contribution < -0.4 is 4.74 Å². The SMILES string of the molecule is C/C=C/c1cccc(OC)c1.C=NO. The second-order valence-electron chi connectivity index (χ2n) is 2.42. The number of benzene rings is 1. The topological polar surface area (TPSA) is 41.8 Å². The van der Waals surface area contributed by atoms with Gasteiger partial charge in [-0.15, -0.1) is 5.16 Å². The Balaban J connectivity index is 0.000000500. The Bertz CT molecular complexity index is 295. The summed E-state index contributed by atoms with van der Waals surface area (Å²) in [5.74, 6) is 0.903. The van der Waals surface area contributed by atoms with Gasteiger partial charge in [0.1, 0.15) is 5.75 Å². The quantitative estimate of drug-likeness (QED) is 0.446. The largest absolute Gasteiger partial charge is 0.497 e. The molecule has 0 aliphatic carbocycles. The number of rotatable bonds is 2. The van der Waals surface area contributed by atoms with Crippen LogP contribution in [0.25, 0.3) is 6.08 Å². The van der Waals surface area contributed by atoms with Gasteiger partial charge >= 0.3 is 0 Å². The van der Waals surface area contributed by atoms with Crippen molar-refractivity contribution in [1.29, 1.82) is 0 Å². The monoisotopic (exact) mass is 193 g/mol. The van der Waals surface area contributed by atoms with Crippen LogP contribution in [0.2, 0.25) is 0 Å². The first-order chi connectivity index (χ1) is 6.78. The number of nitrogens with zero attached hydrogens (tertiary/aromatic N) is 1. The van der Waals surface area contributed by atoms with Crippen LogP contribution in [0.15, 0.2) is 35.5 Å². The maximum Gasteiger partial charge on any atom is 0.119 e. The maximum absolute atomic E-state index is 7.08. The Kier molecular flexibility index (Phi) is 6.86. The van der Waals surface area contributed by atoms with Gasteiger partial charge in [0, 0.05) is 6.72 Å². The van der Waals surface area contributed by atoms with Crippen molar-refractivity contribution in [2.24, 2.45) is 5.16 Å². The zero-order valence-electron chi connectivity index (χ0n) is 8.47. The Morgan fingerprint density at radius 1 is 1.50 bits per heavy atom. The number of methoxy groups -OCH3 is 1.